The molecule has 0 spiro atoms. The van der Waals surface area contributed by atoms with Crippen LogP contribution in [0.2, 0.25) is 0 Å². The van der Waals surface area contributed by atoms with E-state index in [1.807, 2.05) is 30.3 Å². The third kappa shape index (κ3) is 4.28. The van der Waals surface area contributed by atoms with Gasteiger partial charge in [-0.15, -0.1) is 0 Å². The Morgan fingerprint density at radius 2 is 2.13 bits per heavy atom. The maximum atomic E-state index is 8.81. The van der Waals surface area contributed by atoms with Crippen LogP contribution in [0.5, 0.6) is 0 Å². The number of rotatable bonds is 5. The van der Waals surface area contributed by atoms with Crippen LogP contribution in [0.1, 0.15) is 26.2 Å². The molecule has 0 unspecified atom stereocenters. The van der Waals surface area contributed by atoms with Gasteiger partial charge in [0.1, 0.15) is 11.8 Å². The fourth-order valence-electron chi connectivity index (χ4n) is 1.13. The van der Waals surface area contributed by atoms with Gasteiger partial charge in [0, 0.05) is 6.42 Å². The Morgan fingerprint density at radius 3 is 2.73 bits per heavy atom. The molecule has 0 fully saturated rings. The minimum atomic E-state index is 0.556. The van der Waals surface area contributed by atoms with Crippen molar-refractivity contribution in [3.63, 3.8) is 0 Å². The molecule has 1 rings (SSSR count). The second-order valence-corrected chi connectivity index (χ2v) is 3.25. The molecule has 0 aliphatic carbocycles. The predicted octanol–water partition coefficient (Wildman–Crippen LogP) is 3.17. The lowest BCUT2D eigenvalue weighted by atomic mass is 10.2. The molecule has 0 saturated carbocycles. The van der Waals surface area contributed by atoms with Crippen LogP contribution in [0.25, 0.3) is 0 Å². The van der Waals surface area contributed by atoms with E-state index in [1.165, 1.54) is 0 Å². The molecular weight excluding hydrogens is 186 g/mol. The quantitative estimate of drug-likeness (QED) is 0.587. The lowest BCUT2D eigenvalue weighted by Crippen LogP contribution is -1.99. The first kappa shape index (κ1) is 11.3. The van der Waals surface area contributed by atoms with Gasteiger partial charge in [0.15, 0.2) is 0 Å². The first-order valence-electron chi connectivity index (χ1n) is 5.14. The number of anilines is 1. The Labute approximate surface area is 90.4 Å². The SMILES string of the molecule is CCCC/C(C#N)=N\Nc1ccccc1. The van der Waals surface area contributed by atoms with Crippen molar-refractivity contribution < 1.29 is 0 Å². The fourth-order valence-corrected chi connectivity index (χ4v) is 1.13. The van der Waals surface area contributed by atoms with Crippen LogP contribution in [0, 0.1) is 11.3 Å². The van der Waals surface area contributed by atoms with Crippen LogP contribution in [-0.4, -0.2) is 5.71 Å². The Kier molecular flexibility index (Phi) is 4.96. The zero-order valence-electron chi connectivity index (χ0n) is 8.90. The number of nitrogens with one attached hydrogen (secondary N) is 1. The van der Waals surface area contributed by atoms with E-state index in [0.717, 1.165) is 24.9 Å². The van der Waals surface area contributed by atoms with Crippen molar-refractivity contribution in [3.05, 3.63) is 30.3 Å². The highest BCUT2D eigenvalue weighted by Crippen LogP contribution is 2.05. The number of hydrogen-bond acceptors (Lipinski definition) is 3. The second kappa shape index (κ2) is 6.61. The second-order valence-electron chi connectivity index (χ2n) is 3.25. The van der Waals surface area contributed by atoms with Gasteiger partial charge in [-0.05, 0) is 18.6 Å². The van der Waals surface area contributed by atoms with E-state index in [2.05, 4.69) is 23.5 Å². The van der Waals surface area contributed by atoms with Gasteiger partial charge < -0.3 is 0 Å². The number of benzene rings is 1. The fraction of sp³-hybridized carbons (Fsp3) is 0.333. The highest BCUT2D eigenvalue weighted by Gasteiger charge is 1.96. The van der Waals surface area contributed by atoms with E-state index in [-0.39, 0.29) is 0 Å². The smallest absolute Gasteiger partial charge is 0.137 e. The number of nitriles is 1. The van der Waals surface area contributed by atoms with Crippen molar-refractivity contribution in [2.24, 2.45) is 5.10 Å². The Balaban J connectivity index is 2.52. The van der Waals surface area contributed by atoms with Crippen LogP contribution in [0.15, 0.2) is 35.4 Å². The molecule has 0 aliphatic rings. The van der Waals surface area contributed by atoms with E-state index in [9.17, 15) is 0 Å². The zero-order valence-corrected chi connectivity index (χ0v) is 8.90. The summed E-state index contributed by atoms with van der Waals surface area (Å²) in [5, 5.41) is 12.9. The Hall–Kier alpha value is -1.82. The molecular formula is C12H15N3. The monoisotopic (exact) mass is 201 g/mol. The summed E-state index contributed by atoms with van der Waals surface area (Å²) in [4.78, 5) is 0. The van der Waals surface area contributed by atoms with Crippen molar-refractivity contribution in [2.75, 3.05) is 5.43 Å². The van der Waals surface area contributed by atoms with Crippen molar-refractivity contribution in [3.8, 4) is 6.07 Å². The summed E-state index contributed by atoms with van der Waals surface area (Å²) < 4.78 is 0. The van der Waals surface area contributed by atoms with Gasteiger partial charge >= 0.3 is 0 Å². The van der Waals surface area contributed by atoms with Crippen LogP contribution < -0.4 is 5.43 Å². The molecule has 1 aromatic carbocycles. The number of unbranched alkanes of at least 4 members (excludes halogenated alkanes) is 1. The third-order valence-corrected chi connectivity index (χ3v) is 1.99. The summed E-state index contributed by atoms with van der Waals surface area (Å²) in [5.41, 5.74) is 4.33. The number of hydrazone groups is 1. The third-order valence-electron chi connectivity index (χ3n) is 1.99. The standard InChI is InChI=1S/C12H15N3/c1-2-3-7-12(10-13)15-14-11-8-5-4-6-9-11/h4-6,8-9,14H,2-3,7H2,1H3/b15-12+. The first-order valence-corrected chi connectivity index (χ1v) is 5.14. The molecule has 3 nitrogen and oxygen atoms in total. The normalized spacial score (nSPS) is 10.8. The van der Waals surface area contributed by atoms with Crippen molar-refractivity contribution in [1.82, 2.24) is 0 Å². The average molecular weight is 201 g/mol. The summed E-state index contributed by atoms with van der Waals surface area (Å²) in [6.45, 7) is 2.10. The Bertz CT molecular complexity index is 349. The summed E-state index contributed by atoms with van der Waals surface area (Å²) >= 11 is 0. The summed E-state index contributed by atoms with van der Waals surface area (Å²) in [6.07, 6.45) is 2.82. The molecule has 0 bridgehead atoms. The molecule has 0 saturated heterocycles. The molecule has 0 atom stereocenters. The van der Waals surface area contributed by atoms with Gasteiger partial charge in [-0.1, -0.05) is 31.5 Å². The van der Waals surface area contributed by atoms with Crippen LogP contribution >= 0.6 is 0 Å². The largest absolute Gasteiger partial charge is 0.278 e. The molecule has 1 aromatic rings. The number of hydrogen-bond donors (Lipinski definition) is 1. The zero-order chi connectivity index (χ0) is 10.9. The maximum Gasteiger partial charge on any atom is 0.137 e. The number of para-hydroxylation sites is 1. The van der Waals surface area contributed by atoms with Gasteiger partial charge in [-0.25, -0.2) is 0 Å². The van der Waals surface area contributed by atoms with Gasteiger partial charge in [0.05, 0.1) is 5.69 Å². The Morgan fingerprint density at radius 1 is 1.40 bits per heavy atom. The van der Waals surface area contributed by atoms with Crippen molar-refractivity contribution >= 4 is 11.4 Å². The maximum absolute atomic E-state index is 8.81. The summed E-state index contributed by atoms with van der Waals surface area (Å²) in [7, 11) is 0. The average Bonchev–Trinajstić information content (AvgIpc) is 2.31. The topological polar surface area (TPSA) is 48.2 Å². The van der Waals surface area contributed by atoms with Gasteiger partial charge in [-0.2, -0.15) is 10.4 Å². The molecule has 3 heteroatoms. The molecule has 0 aromatic heterocycles. The van der Waals surface area contributed by atoms with Gasteiger partial charge in [0.25, 0.3) is 0 Å². The summed E-state index contributed by atoms with van der Waals surface area (Å²) in [5.74, 6) is 0. The molecule has 0 heterocycles. The van der Waals surface area contributed by atoms with Crippen LogP contribution in [0.3, 0.4) is 0 Å². The van der Waals surface area contributed by atoms with E-state index >= 15 is 0 Å². The lowest BCUT2D eigenvalue weighted by Gasteiger charge is -2.00. The minimum absolute atomic E-state index is 0.556. The highest BCUT2D eigenvalue weighted by molar-refractivity contribution is 5.98. The predicted molar refractivity (Wildman–Crippen MR) is 62.6 cm³/mol. The first-order chi connectivity index (χ1) is 7.36. The minimum Gasteiger partial charge on any atom is -0.278 e. The van der Waals surface area contributed by atoms with E-state index < -0.39 is 0 Å². The number of nitrogens with zero attached hydrogens (tertiary/aromatic N) is 2. The van der Waals surface area contributed by atoms with Crippen molar-refractivity contribution in [2.45, 2.75) is 26.2 Å². The molecule has 0 aliphatic heterocycles. The summed E-state index contributed by atoms with van der Waals surface area (Å²) in [6, 6.07) is 11.7. The molecule has 15 heavy (non-hydrogen) atoms. The van der Waals surface area contributed by atoms with Gasteiger partial charge in [0.2, 0.25) is 0 Å². The van der Waals surface area contributed by atoms with Gasteiger partial charge in [-0.3, -0.25) is 5.43 Å². The molecule has 1 N–H and O–H groups in total. The van der Waals surface area contributed by atoms with Crippen LogP contribution in [0.4, 0.5) is 5.69 Å². The van der Waals surface area contributed by atoms with Crippen LogP contribution in [-0.2, 0) is 0 Å². The molecule has 78 valence electrons. The van der Waals surface area contributed by atoms with E-state index in [1.54, 1.807) is 0 Å². The molecule has 0 amide bonds. The highest BCUT2D eigenvalue weighted by atomic mass is 15.3. The van der Waals surface area contributed by atoms with E-state index in [0.29, 0.717) is 5.71 Å². The van der Waals surface area contributed by atoms with Crippen molar-refractivity contribution in [1.29, 1.82) is 5.26 Å². The molecule has 0 radical (unpaired) electrons. The lowest BCUT2D eigenvalue weighted by molar-refractivity contribution is 0.836. The van der Waals surface area contributed by atoms with E-state index in [4.69, 9.17) is 5.26 Å².